The van der Waals surface area contributed by atoms with Gasteiger partial charge < -0.3 is 9.30 Å². The Hall–Kier alpha value is -3.05. The van der Waals surface area contributed by atoms with E-state index >= 15 is 0 Å². The Balaban J connectivity index is 1.77. The van der Waals surface area contributed by atoms with Crippen LogP contribution in [0.15, 0.2) is 59.7 Å². The predicted octanol–water partition coefficient (Wildman–Crippen LogP) is 4.52. The maximum Gasteiger partial charge on any atom is 0.271 e. The van der Waals surface area contributed by atoms with Crippen molar-refractivity contribution in [3.63, 3.8) is 0 Å². The van der Waals surface area contributed by atoms with Crippen LogP contribution in [0.4, 0.5) is 0 Å². The molecule has 0 saturated heterocycles. The van der Waals surface area contributed by atoms with Crippen LogP contribution < -0.4 is 10.2 Å². The van der Waals surface area contributed by atoms with Crippen molar-refractivity contribution >= 4 is 23.7 Å². The lowest BCUT2D eigenvalue weighted by molar-refractivity contribution is 0.0955. The molecule has 0 bridgehead atoms. The fraction of sp³-hybridized carbons (Fsp3) is 0.143. The topological polar surface area (TPSA) is 55.6 Å². The number of rotatable bonds is 5. The summed E-state index contributed by atoms with van der Waals surface area (Å²) in [6, 6.07) is 16.6. The number of ether oxygens (including phenoxy) is 1. The number of nitrogens with one attached hydrogen (secondary N) is 1. The lowest BCUT2D eigenvalue weighted by atomic mass is 10.2. The number of hydrogen-bond acceptors (Lipinski definition) is 3. The van der Waals surface area contributed by atoms with E-state index in [1.165, 1.54) is 0 Å². The Morgan fingerprint density at radius 2 is 1.89 bits per heavy atom. The van der Waals surface area contributed by atoms with Crippen LogP contribution in [0.5, 0.6) is 5.75 Å². The minimum Gasteiger partial charge on any atom is -0.497 e. The SMILES string of the molecule is COc1ccc(-n2c(C)cc(/C=N/NC(=O)c3cccc(Cl)c3)c2C)cc1. The van der Waals surface area contributed by atoms with Crippen LogP contribution in [0.25, 0.3) is 5.69 Å². The normalized spacial score (nSPS) is 11.0. The first-order valence-electron chi connectivity index (χ1n) is 8.42. The van der Waals surface area contributed by atoms with Crippen molar-refractivity contribution in [1.29, 1.82) is 0 Å². The number of carbonyl (C=O) groups excluding carboxylic acids is 1. The molecule has 0 unspecified atom stereocenters. The lowest BCUT2D eigenvalue weighted by Gasteiger charge is -2.10. The second kappa shape index (κ2) is 8.10. The van der Waals surface area contributed by atoms with E-state index in [1.807, 2.05) is 44.2 Å². The standard InChI is InChI=1S/C21H20ClN3O2/c1-14-11-17(13-23-24-21(26)16-5-4-6-18(22)12-16)15(2)25(14)19-7-9-20(27-3)10-8-19/h4-13H,1-3H3,(H,24,26)/b23-13+. The van der Waals surface area contributed by atoms with E-state index in [0.717, 1.165) is 28.4 Å². The monoisotopic (exact) mass is 381 g/mol. The van der Waals surface area contributed by atoms with Crippen molar-refractivity contribution in [1.82, 2.24) is 9.99 Å². The average Bonchev–Trinajstić information content (AvgIpc) is 2.95. The van der Waals surface area contributed by atoms with Gasteiger partial charge in [-0.25, -0.2) is 5.43 Å². The van der Waals surface area contributed by atoms with E-state index in [9.17, 15) is 4.79 Å². The van der Waals surface area contributed by atoms with Gasteiger partial charge >= 0.3 is 0 Å². The van der Waals surface area contributed by atoms with E-state index < -0.39 is 0 Å². The van der Waals surface area contributed by atoms with Crippen LogP contribution in [0.1, 0.15) is 27.3 Å². The second-order valence-electron chi connectivity index (χ2n) is 6.07. The predicted molar refractivity (Wildman–Crippen MR) is 108 cm³/mol. The fourth-order valence-electron chi connectivity index (χ4n) is 2.90. The maximum atomic E-state index is 12.1. The number of amides is 1. The highest BCUT2D eigenvalue weighted by Gasteiger charge is 2.10. The molecule has 27 heavy (non-hydrogen) atoms. The van der Waals surface area contributed by atoms with E-state index in [2.05, 4.69) is 15.1 Å². The number of halogens is 1. The van der Waals surface area contributed by atoms with Gasteiger partial charge in [0.2, 0.25) is 0 Å². The van der Waals surface area contributed by atoms with Gasteiger partial charge in [-0.2, -0.15) is 5.10 Å². The highest BCUT2D eigenvalue weighted by atomic mass is 35.5. The van der Waals surface area contributed by atoms with Crippen LogP contribution in [-0.4, -0.2) is 23.8 Å². The molecule has 3 aromatic rings. The summed E-state index contributed by atoms with van der Waals surface area (Å²) in [5.41, 5.74) is 7.05. The molecule has 1 amide bonds. The molecular weight excluding hydrogens is 362 g/mol. The van der Waals surface area contributed by atoms with Gasteiger partial charge in [0.1, 0.15) is 5.75 Å². The van der Waals surface area contributed by atoms with Crippen LogP contribution in [0.3, 0.4) is 0 Å². The van der Waals surface area contributed by atoms with Gasteiger partial charge in [0, 0.05) is 33.2 Å². The number of aryl methyl sites for hydroxylation is 1. The number of hydrazone groups is 1. The summed E-state index contributed by atoms with van der Waals surface area (Å²) in [6.07, 6.45) is 1.64. The van der Waals surface area contributed by atoms with Crippen molar-refractivity contribution in [3.8, 4) is 11.4 Å². The number of nitrogens with zero attached hydrogens (tertiary/aromatic N) is 2. The maximum absolute atomic E-state index is 12.1. The summed E-state index contributed by atoms with van der Waals surface area (Å²) in [6.45, 7) is 4.04. The summed E-state index contributed by atoms with van der Waals surface area (Å²) in [7, 11) is 1.65. The van der Waals surface area contributed by atoms with Gasteiger partial charge in [-0.15, -0.1) is 0 Å². The largest absolute Gasteiger partial charge is 0.497 e. The molecule has 0 atom stereocenters. The highest BCUT2D eigenvalue weighted by Crippen LogP contribution is 2.22. The molecule has 2 aromatic carbocycles. The molecule has 0 fully saturated rings. The molecule has 0 aliphatic heterocycles. The first-order valence-corrected chi connectivity index (χ1v) is 8.79. The Morgan fingerprint density at radius 3 is 2.56 bits per heavy atom. The lowest BCUT2D eigenvalue weighted by Crippen LogP contribution is -2.17. The number of aromatic nitrogens is 1. The van der Waals surface area contributed by atoms with Gasteiger partial charge in [-0.05, 0) is 62.4 Å². The molecule has 6 heteroatoms. The molecule has 0 aliphatic rings. The molecule has 1 heterocycles. The van der Waals surface area contributed by atoms with Gasteiger partial charge in [-0.1, -0.05) is 17.7 Å². The number of benzene rings is 2. The zero-order valence-electron chi connectivity index (χ0n) is 15.4. The zero-order valence-corrected chi connectivity index (χ0v) is 16.1. The van der Waals surface area contributed by atoms with Gasteiger partial charge in [0.05, 0.1) is 13.3 Å². The number of hydrogen-bond donors (Lipinski definition) is 1. The molecule has 1 N–H and O–H groups in total. The Labute approximate surface area is 163 Å². The van der Waals surface area contributed by atoms with E-state index in [4.69, 9.17) is 16.3 Å². The molecule has 0 aliphatic carbocycles. The van der Waals surface area contributed by atoms with Crippen molar-refractivity contribution < 1.29 is 9.53 Å². The Morgan fingerprint density at radius 1 is 1.15 bits per heavy atom. The molecule has 5 nitrogen and oxygen atoms in total. The van der Waals surface area contributed by atoms with E-state index in [-0.39, 0.29) is 5.91 Å². The molecule has 0 saturated carbocycles. The van der Waals surface area contributed by atoms with Gasteiger partial charge in [-0.3, -0.25) is 4.79 Å². The fourth-order valence-corrected chi connectivity index (χ4v) is 3.09. The Kier molecular flexibility index (Phi) is 5.62. The minimum atomic E-state index is -0.308. The molecule has 0 radical (unpaired) electrons. The van der Waals surface area contributed by atoms with Crippen LogP contribution in [0.2, 0.25) is 5.02 Å². The van der Waals surface area contributed by atoms with Crippen LogP contribution in [-0.2, 0) is 0 Å². The summed E-state index contributed by atoms with van der Waals surface area (Å²) < 4.78 is 7.34. The van der Waals surface area contributed by atoms with Crippen molar-refractivity contribution in [2.24, 2.45) is 5.10 Å². The third-order valence-electron chi connectivity index (χ3n) is 4.26. The number of carbonyl (C=O) groups is 1. The molecule has 0 spiro atoms. The van der Waals surface area contributed by atoms with Crippen molar-refractivity contribution in [3.05, 3.63) is 82.1 Å². The quantitative estimate of drug-likeness (QED) is 0.521. The first kappa shape index (κ1) is 18.7. The summed E-state index contributed by atoms with van der Waals surface area (Å²) in [5.74, 6) is 0.504. The molecule has 1 aromatic heterocycles. The highest BCUT2D eigenvalue weighted by molar-refractivity contribution is 6.30. The average molecular weight is 382 g/mol. The zero-order chi connectivity index (χ0) is 19.4. The first-order chi connectivity index (χ1) is 13.0. The van der Waals surface area contributed by atoms with Crippen molar-refractivity contribution in [2.45, 2.75) is 13.8 Å². The summed E-state index contributed by atoms with van der Waals surface area (Å²) >= 11 is 5.91. The minimum absolute atomic E-state index is 0.308. The van der Waals surface area contributed by atoms with Crippen molar-refractivity contribution in [2.75, 3.05) is 7.11 Å². The van der Waals surface area contributed by atoms with Gasteiger partial charge in [0.25, 0.3) is 5.91 Å². The van der Waals surface area contributed by atoms with Crippen LogP contribution in [0, 0.1) is 13.8 Å². The molecule has 138 valence electrons. The van der Waals surface area contributed by atoms with E-state index in [0.29, 0.717) is 10.6 Å². The second-order valence-corrected chi connectivity index (χ2v) is 6.51. The Bertz CT molecular complexity index is 991. The molecular formula is C21H20ClN3O2. The molecule has 3 rings (SSSR count). The number of methoxy groups -OCH3 is 1. The smallest absolute Gasteiger partial charge is 0.271 e. The summed E-state index contributed by atoms with van der Waals surface area (Å²) in [4.78, 5) is 12.1. The van der Waals surface area contributed by atoms with Gasteiger partial charge in [0.15, 0.2) is 0 Å². The van der Waals surface area contributed by atoms with E-state index in [1.54, 1.807) is 37.6 Å². The summed E-state index contributed by atoms with van der Waals surface area (Å²) in [5, 5.41) is 4.59. The third kappa shape index (κ3) is 4.20. The third-order valence-corrected chi connectivity index (χ3v) is 4.49. The van der Waals surface area contributed by atoms with Crippen LogP contribution >= 0.6 is 11.6 Å².